The zero-order chi connectivity index (χ0) is 18.3. The average molecular weight is 364 g/mol. The molecule has 2 N–H and O–H groups in total. The fraction of sp³-hybridized carbons (Fsp3) is 0.143. The van der Waals surface area contributed by atoms with E-state index in [0.717, 1.165) is 45.3 Å². The molecule has 3 heterocycles. The third-order valence-corrected chi connectivity index (χ3v) is 5.04. The van der Waals surface area contributed by atoms with E-state index in [1.54, 1.807) is 25.4 Å². The maximum Gasteiger partial charge on any atom is 0.176 e. The van der Waals surface area contributed by atoms with Gasteiger partial charge in [-0.05, 0) is 30.2 Å². The Hall–Kier alpha value is -2.85. The van der Waals surface area contributed by atoms with Crippen molar-refractivity contribution >= 4 is 28.3 Å². The molecule has 0 saturated carbocycles. The SMILES string of the molecule is CCc1c(-c2cccc3[nH]ccc23)[nH]c(C(C)=O)c1-c1cnccc1Cl. The Morgan fingerprint density at radius 2 is 2.04 bits per heavy atom. The highest BCUT2D eigenvalue weighted by Gasteiger charge is 2.23. The largest absolute Gasteiger partial charge is 0.361 e. The van der Waals surface area contributed by atoms with Crippen molar-refractivity contribution in [1.82, 2.24) is 15.0 Å². The van der Waals surface area contributed by atoms with Gasteiger partial charge in [0.05, 0.1) is 16.4 Å². The number of hydrogen-bond acceptors (Lipinski definition) is 2. The van der Waals surface area contributed by atoms with Crippen molar-refractivity contribution < 1.29 is 4.79 Å². The number of aromatic nitrogens is 3. The van der Waals surface area contributed by atoms with Gasteiger partial charge in [0.1, 0.15) is 0 Å². The molecule has 5 heteroatoms. The standard InChI is InChI=1S/C21H18ClN3O/c1-3-13-19(16-11-23-9-8-17(16)22)20(12(2)26)25-21(13)15-5-4-6-18-14(15)7-10-24-18/h4-11,24-25H,3H2,1-2H3. The van der Waals surface area contributed by atoms with Crippen LogP contribution in [0.5, 0.6) is 0 Å². The minimum absolute atomic E-state index is 0.0258. The van der Waals surface area contributed by atoms with Crippen molar-refractivity contribution in [3.8, 4) is 22.4 Å². The van der Waals surface area contributed by atoms with E-state index >= 15 is 0 Å². The lowest BCUT2D eigenvalue weighted by Gasteiger charge is -2.08. The molecule has 0 atom stereocenters. The second kappa shape index (κ2) is 6.46. The van der Waals surface area contributed by atoms with Gasteiger partial charge < -0.3 is 9.97 Å². The van der Waals surface area contributed by atoms with Gasteiger partial charge in [0.25, 0.3) is 0 Å². The van der Waals surface area contributed by atoms with Gasteiger partial charge in [-0.15, -0.1) is 0 Å². The summed E-state index contributed by atoms with van der Waals surface area (Å²) in [6.07, 6.45) is 6.06. The Bertz CT molecular complexity index is 1120. The molecule has 0 fully saturated rings. The first-order valence-corrected chi connectivity index (χ1v) is 8.91. The number of ketones is 1. The topological polar surface area (TPSA) is 61.5 Å². The molecule has 0 radical (unpaired) electrons. The van der Waals surface area contributed by atoms with Crippen molar-refractivity contribution in [3.63, 3.8) is 0 Å². The Labute approximate surface area is 156 Å². The quantitative estimate of drug-likeness (QED) is 0.460. The van der Waals surface area contributed by atoms with Crippen molar-refractivity contribution in [2.75, 3.05) is 0 Å². The first-order chi connectivity index (χ1) is 12.6. The van der Waals surface area contributed by atoms with Crippen LogP contribution in [0, 0.1) is 0 Å². The summed E-state index contributed by atoms with van der Waals surface area (Å²) in [6, 6.07) is 9.92. The van der Waals surface area contributed by atoms with Crippen molar-refractivity contribution in [2.45, 2.75) is 20.3 Å². The van der Waals surface area contributed by atoms with Gasteiger partial charge >= 0.3 is 0 Å². The summed E-state index contributed by atoms with van der Waals surface area (Å²) >= 11 is 6.43. The maximum absolute atomic E-state index is 12.4. The third-order valence-electron chi connectivity index (χ3n) is 4.71. The predicted octanol–water partition coefficient (Wildman–Crippen LogP) is 5.64. The van der Waals surface area contributed by atoms with Gasteiger partial charge in [-0.3, -0.25) is 9.78 Å². The molecule has 0 spiro atoms. The van der Waals surface area contributed by atoms with Crippen LogP contribution in [0.1, 0.15) is 29.9 Å². The lowest BCUT2D eigenvalue weighted by molar-refractivity contribution is 0.101. The molecular weight excluding hydrogens is 346 g/mol. The molecule has 0 bridgehead atoms. The number of halogens is 1. The number of nitrogens with one attached hydrogen (secondary N) is 2. The smallest absolute Gasteiger partial charge is 0.176 e. The normalized spacial score (nSPS) is 11.2. The van der Waals surface area contributed by atoms with Crippen LogP contribution in [0.2, 0.25) is 5.02 Å². The number of carbonyl (C=O) groups excluding carboxylic acids is 1. The second-order valence-corrected chi connectivity index (χ2v) is 6.65. The lowest BCUT2D eigenvalue weighted by Crippen LogP contribution is -1.96. The highest BCUT2D eigenvalue weighted by molar-refractivity contribution is 6.33. The van der Waals surface area contributed by atoms with Crippen LogP contribution < -0.4 is 0 Å². The number of rotatable bonds is 4. The Kier molecular flexibility index (Phi) is 4.13. The predicted molar refractivity (Wildman–Crippen MR) is 106 cm³/mol. The first kappa shape index (κ1) is 16.6. The summed E-state index contributed by atoms with van der Waals surface area (Å²) in [6.45, 7) is 3.65. The summed E-state index contributed by atoms with van der Waals surface area (Å²) in [7, 11) is 0. The molecule has 1 aromatic carbocycles. The van der Waals surface area contributed by atoms with E-state index in [9.17, 15) is 4.79 Å². The average Bonchev–Trinajstić information content (AvgIpc) is 3.26. The maximum atomic E-state index is 12.4. The van der Waals surface area contributed by atoms with Crippen LogP contribution >= 0.6 is 11.6 Å². The summed E-state index contributed by atoms with van der Waals surface area (Å²) < 4.78 is 0. The molecule has 0 saturated heterocycles. The number of Topliss-reactive ketones (excluding diaryl/α,β-unsaturated/α-hetero) is 1. The Morgan fingerprint density at radius 3 is 2.77 bits per heavy atom. The van der Waals surface area contributed by atoms with Crippen LogP contribution in [0.3, 0.4) is 0 Å². The van der Waals surface area contributed by atoms with Crippen molar-refractivity contribution in [3.05, 3.63) is 65.2 Å². The second-order valence-electron chi connectivity index (χ2n) is 6.24. The fourth-order valence-electron chi connectivity index (χ4n) is 3.55. The summed E-state index contributed by atoms with van der Waals surface area (Å²) in [5.74, 6) is -0.0258. The van der Waals surface area contributed by atoms with Crippen LogP contribution in [0.15, 0.2) is 48.9 Å². The summed E-state index contributed by atoms with van der Waals surface area (Å²) in [4.78, 5) is 23.2. The number of nitrogens with zero attached hydrogens (tertiary/aromatic N) is 1. The van der Waals surface area contributed by atoms with Crippen molar-refractivity contribution in [2.24, 2.45) is 0 Å². The zero-order valence-electron chi connectivity index (χ0n) is 14.6. The van der Waals surface area contributed by atoms with E-state index < -0.39 is 0 Å². The molecule has 0 aliphatic rings. The highest BCUT2D eigenvalue weighted by Crippen LogP contribution is 2.40. The monoisotopic (exact) mass is 363 g/mol. The first-order valence-electron chi connectivity index (χ1n) is 8.54. The molecule has 0 aliphatic carbocycles. The molecule has 26 heavy (non-hydrogen) atoms. The van der Waals surface area contributed by atoms with Gasteiger partial charge in [-0.1, -0.05) is 30.7 Å². The highest BCUT2D eigenvalue weighted by atomic mass is 35.5. The molecule has 0 amide bonds. The van der Waals surface area contributed by atoms with Crippen LogP contribution in [0.4, 0.5) is 0 Å². The van der Waals surface area contributed by atoms with Crippen molar-refractivity contribution in [1.29, 1.82) is 0 Å². The molecule has 4 aromatic rings. The van der Waals surface area contributed by atoms with Gasteiger partial charge in [-0.25, -0.2) is 0 Å². The summed E-state index contributed by atoms with van der Waals surface area (Å²) in [5.41, 5.74) is 6.34. The molecular formula is C21H18ClN3O. The van der Waals surface area contributed by atoms with Gasteiger partial charge in [0, 0.05) is 53.1 Å². The third kappa shape index (κ3) is 2.54. The van der Waals surface area contributed by atoms with E-state index in [2.05, 4.69) is 34.0 Å². The minimum atomic E-state index is -0.0258. The number of fused-ring (bicyclic) bond motifs is 1. The number of hydrogen-bond donors (Lipinski definition) is 2. The van der Waals surface area contributed by atoms with Crippen LogP contribution in [-0.4, -0.2) is 20.7 Å². The Morgan fingerprint density at radius 1 is 1.19 bits per heavy atom. The van der Waals surface area contributed by atoms with E-state index in [-0.39, 0.29) is 5.78 Å². The summed E-state index contributed by atoms with van der Waals surface area (Å²) in [5, 5.41) is 1.70. The van der Waals surface area contributed by atoms with Crippen LogP contribution in [-0.2, 0) is 6.42 Å². The molecule has 130 valence electrons. The Balaban J connectivity index is 2.07. The zero-order valence-corrected chi connectivity index (χ0v) is 15.3. The van der Waals surface area contributed by atoms with E-state index in [1.165, 1.54) is 0 Å². The van der Waals surface area contributed by atoms with Crippen LogP contribution in [0.25, 0.3) is 33.3 Å². The molecule has 3 aromatic heterocycles. The molecule has 0 aliphatic heterocycles. The number of benzene rings is 1. The van der Waals surface area contributed by atoms with E-state index in [4.69, 9.17) is 11.6 Å². The molecule has 0 unspecified atom stereocenters. The van der Waals surface area contributed by atoms with Gasteiger partial charge in [0.2, 0.25) is 0 Å². The van der Waals surface area contributed by atoms with Gasteiger partial charge in [0.15, 0.2) is 5.78 Å². The number of aromatic amines is 2. The minimum Gasteiger partial charge on any atom is -0.361 e. The molecule has 4 nitrogen and oxygen atoms in total. The van der Waals surface area contributed by atoms with Gasteiger partial charge in [-0.2, -0.15) is 0 Å². The number of carbonyl (C=O) groups is 1. The number of pyridine rings is 1. The number of H-pyrrole nitrogens is 2. The fourth-order valence-corrected chi connectivity index (χ4v) is 3.75. The van der Waals surface area contributed by atoms with E-state index in [1.807, 2.05) is 18.3 Å². The molecule has 4 rings (SSSR count). The lowest BCUT2D eigenvalue weighted by atomic mass is 9.95. The van der Waals surface area contributed by atoms with E-state index in [0.29, 0.717) is 10.7 Å².